The van der Waals surface area contributed by atoms with E-state index in [-0.39, 0.29) is 5.78 Å². The fourth-order valence-electron chi connectivity index (χ4n) is 2.72. The summed E-state index contributed by atoms with van der Waals surface area (Å²) in [4.78, 5) is 23.2. The summed E-state index contributed by atoms with van der Waals surface area (Å²) in [6.45, 7) is 0. The Labute approximate surface area is 145 Å². The number of carbonyl (C=O) groups is 2. The maximum Gasteiger partial charge on any atom is 0.328 e. The number of allylic oxidation sites excluding steroid dienone is 1. The Bertz CT molecular complexity index is 1000. The summed E-state index contributed by atoms with van der Waals surface area (Å²) in [5.41, 5.74) is 2.25. The second-order valence-corrected chi connectivity index (χ2v) is 5.71. The third-order valence-corrected chi connectivity index (χ3v) is 3.94. The first-order valence-electron chi connectivity index (χ1n) is 7.82. The van der Waals surface area contributed by atoms with Crippen LogP contribution in [0, 0.1) is 0 Å². The largest absolute Gasteiger partial charge is 0.478 e. The Morgan fingerprint density at radius 3 is 2.56 bits per heavy atom. The third-order valence-electron chi connectivity index (χ3n) is 3.94. The number of carbonyl (C=O) groups excluding carboxylic acids is 1. The van der Waals surface area contributed by atoms with Gasteiger partial charge in [-0.1, -0.05) is 42.5 Å². The fourth-order valence-corrected chi connectivity index (χ4v) is 2.72. The SMILES string of the molecule is Cn1cc(/C=C/C(=O)c2cccc3ccccc23)cc1/C=C/C(=O)O. The summed E-state index contributed by atoms with van der Waals surface area (Å²) in [5.74, 6) is -1.06. The second-order valence-electron chi connectivity index (χ2n) is 5.71. The van der Waals surface area contributed by atoms with E-state index in [0.29, 0.717) is 5.56 Å². The summed E-state index contributed by atoms with van der Waals surface area (Å²) >= 11 is 0. The average Bonchev–Trinajstić information content (AvgIpc) is 2.97. The van der Waals surface area contributed by atoms with Crippen molar-refractivity contribution in [2.75, 3.05) is 0 Å². The zero-order valence-corrected chi connectivity index (χ0v) is 13.7. The lowest BCUT2D eigenvalue weighted by Gasteiger charge is -2.02. The summed E-state index contributed by atoms with van der Waals surface area (Å²) in [6, 6.07) is 15.3. The molecule has 3 rings (SSSR count). The van der Waals surface area contributed by atoms with Gasteiger partial charge in [0.2, 0.25) is 0 Å². The molecule has 0 bridgehead atoms. The highest BCUT2D eigenvalue weighted by atomic mass is 16.4. The van der Waals surface area contributed by atoms with Gasteiger partial charge >= 0.3 is 5.97 Å². The van der Waals surface area contributed by atoms with Gasteiger partial charge in [0.15, 0.2) is 5.78 Å². The van der Waals surface area contributed by atoms with E-state index in [2.05, 4.69) is 0 Å². The predicted molar refractivity (Wildman–Crippen MR) is 99.4 cm³/mol. The molecular weight excluding hydrogens is 314 g/mol. The zero-order chi connectivity index (χ0) is 17.8. The molecule has 0 atom stereocenters. The van der Waals surface area contributed by atoms with Crippen molar-refractivity contribution >= 4 is 34.7 Å². The van der Waals surface area contributed by atoms with Crippen molar-refractivity contribution < 1.29 is 14.7 Å². The van der Waals surface area contributed by atoms with Gasteiger partial charge in [0.25, 0.3) is 0 Å². The van der Waals surface area contributed by atoms with E-state index in [1.165, 1.54) is 6.08 Å². The first-order valence-corrected chi connectivity index (χ1v) is 7.82. The minimum Gasteiger partial charge on any atom is -0.478 e. The zero-order valence-electron chi connectivity index (χ0n) is 13.7. The Morgan fingerprint density at radius 1 is 1.00 bits per heavy atom. The van der Waals surface area contributed by atoms with Crippen molar-refractivity contribution in [1.82, 2.24) is 4.57 Å². The van der Waals surface area contributed by atoms with Gasteiger partial charge in [-0.15, -0.1) is 0 Å². The van der Waals surface area contributed by atoms with E-state index in [4.69, 9.17) is 5.11 Å². The molecule has 124 valence electrons. The van der Waals surface area contributed by atoms with E-state index in [9.17, 15) is 9.59 Å². The maximum absolute atomic E-state index is 12.6. The van der Waals surface area contributed by atoms with Crippen LogP contribution in [-0.4, -0.2) is 21.4 Å². The van der Waals surface area contributed by atoms with Gasteiger partial charge in [0.1, 0.15) is 0 Å². The van der Waals surface area contributed by atoms with Gasteiger partial charge in [-0.3, -0.25) is 4.79 Å². The molecule has 0 fully saturated rings. The number of ketones is 1. The molecule has 0 spiro atoms. The number of rotatable bonds is 5. The molecule has 1 N–H and O–H groups in total. The number of aromatic nitrogens is 1. The molecule has 25 heavy (non-hydrogen) atoms. The van der Waals surface area contributed by atoms with Gasteiger partial charge in [-0.25, -0.2) is 4.79 Å². The maximum atomic E-state index is 12.6. The molecule has 1 aromatic heterocycles. The topological polar surface area (TPSA) is 59.3 Å². The number of fused-ring (bicyclic) bond motifs is 1. The van der Waals surface area contributed by atoms with Crippen LogP contribution in [0.4, 0.5) is 0 Å². The molecule has 0 unspecified atom stereocenters. The van der Waals surface area contributed by atoms with Crippen LogP contribution in [-0.2, 0) is 11.8 Å². The Kier molecular flexibility index (Phi) is 4.61. The fraction of sp³-hybridized carbons (Fsp3) is 0.0476. The Balaban J connectivity index is 1.85. The number of carboxylic acids is 1. The van der Waals surface area contributed by atoms with Crippen LogP contribution in [0.5, 0.6) is 0 Å². The molecule has 4 heteroatoms. The van der Waals surface area contributed by atoms with Crippen LogP contribution in [0.25, 0.3) is 22.9 Å². The van der Waals surface area contributed by atoms with Crippen molar-refractivity contribution in [3.8, 4) is 0 Å². The average molecular weight is 331 g/mol. The second kappa shape index (κ2) is 7.01. The van der Waals surface area contributed by atoms with E-state index in [1.54, 1.807) is 12.2 Å². The monoisotopic (exact) mass is 331 g/mol. The van der Waals surface area contributed by atoms with E-state index >= 15 is 0 Å². The summed E-state index contributed by atoms with van der Waals surface area (Å²) < 4.78 is 1.81. The Hall–Kier alpha value is -3.40. The summed E-state index contributed by atoms with van der Waals surface area (Å²) in [5, 5.41) is 10.7. The van der Waals surface area contributed by atoms with E-state index < -0.39 is 5.97 Å². The van der Waals surface area contributed by atoms with Crippen molar-refractivity contribution in [1.29, 1.82) is 0 Å². The van der Waals surface area contributed by atoms with Gasteiger partial charge in [-0.2, -0.15) is 0 Å². The van der Waals surface area contributed by atoms with Gasteiger partial charge < -0.3 is 9.67 Å². The molecule has 2 aromatic carbocycles. The van der Waals surface area contributed by atoms with Gasteiger partial charge in [0.05, 0.1) is 0 Å². The lowest BCUT2D eigenvalue weighted by atomic mass is 10.0. The van der Waals surface area contributed by atoms with Crippen LogP contribution in [0.15, 0.2) is 66.9 Å². The van der Waals surface area contributed by atoms with E-state index in [1.807, 2.05) is 66.3 Å². The molecule has 0 aliphatic heterocycles. The highest BCUT2D eigenvalue weighted by Crippen LogP contribution is 2.20. The van der Waals surface area contributed by atoms with Crippen LogP contribution < -0.4 is 0 Å². The predicted octanol–water partition coefficient (Wildman–Crippen LogP) is 4.17. The minimum absolute atomic E-state index is 0.0664. The quantitative estimate of drug-likeness (QED) is 0.564. The molecule has 3 aromatic rings. The number of aliphatic carboxylic acids is 1. The lowest BCUT2D eigenvalue weighted by molar-refractivity contribution is -0.131. The van der Waals surface area contributed by atoms with Crippen LogP contribution >= 0.6 is 0 Å². The number of nitrogens with zero attached hydrogens (tertiary/aromatic N) is 1. The molecule has 4 nitrogen and oxygen atoms in total. The van der Waals surface area contributed by atoms with Crippen molar-refractivity contribution in [3.05, 3.63) is 83.7 Å². The molecule has 0 saturated heterocycles. The lowest BCUT2D eigenvalue weighted by Crippen LogP contribution is -1.95. The van der Waals surface area contributed by atoms with Gasteiger partial charge in [0, 0.05) is 30.6 Å². The van der Waals surface area contributed by atoms with Crippen LogP contribution in [0.2, 0.25) is 0 Å². The van der Waals surface area contributed by atoms with E-state index in [0.717, 1.165) is 28.1 Å². The minimum atomic E-state index is -0.996. The first kappa shape index (κ1) is 16.5. The highest BCUT2D eigenvalue weighted by Gasteiger charge is 2.07. The smallest absolute Gasteiger partial charge is 0.328 e. The molecule has 0 aliphatic rings. The number of hydrogen-bond donors (Lipinski definition) is 1. The molecule has 0 amide bonds. The number of benzene rings is 2. The normalized spacial score (nSPS) is 11.6. The number of hydrogen-bond acceptors (Lipinski definition) is 2. The molecule has 0 saturated carbocycles. The van der Waals surface area contributed by atoms with Crippen LogP contribution in [0.1, 0.15) is 21.6 Å². The van der Waals surface area contributed by atoms with Crippen LogP contribution in [0.3, 0.4) is 0 Å². The van der Waals surface area contributed by atoms with Gasteiger partial charge in [-0.05, 0) is 40.6 Å². The van der Waals surface area contributed by atoms with Crippen molar-refractivity contribution in [2.24, 2.45) is 7.05 Å². The van der Waals surface area contributed by atoms with Crippen molar-refractivity contribution in [2.45, 2.75) is 0 Å². The number of carboxylic acid groups (broad SMARTS) is 1. The molecular formula is C21H17NO3. The molecule has 0 radical (unpaired) electrons. The number of aryl methyl sites for hydroxylation is 1. The third kappa shape index (κ3) is 3.75. The summed E-state index contributed by atoms with van der Waals surface area (Å²) in [6.07, 6.45) is 7.73. The standard InChI is InChI=1S/C21H17NO3/c1-22-14-15(13-17(22)10-12-21(24)25)9-11-20(23)19-8-4-6-16-5-2-3-7-18(16)19/h2-14H,1H3,(H,24,25)/b11-9+,12-10+. The Morgan fingerprint density at radius 2 is 1.76 bits per heavy atom. The highest BCUT2D eigenvalue weighted by molar-refractivity contribution is 6.14. The first-order chi connectivity index (χ1) is 12.0. The molecule has 0 aliphatic carbocycles. The molecule has 1 heterocycles. The van der Waals surface area contributed by atoms with Crippen molar-refractivity contribution in [3.63, 3.8) is 0 Å². The summed E-state index contributed by atoms with van der Waals surface area (Å²) in [7, 11) is 1.82.